The van der Waals surface area contributed by atoms with Gasteiger partial charge in [0.1, 0.15) is 0 Å². The average molecular weight is 283 g/mol. The predicted octanol–water partition coefficient (Wildman–Crippen LogP) is 2.26. The van der Waals surface area contributed by atoms with Crippen molar-refractivity contribution in [2.45, 2.75) is 31.1 Å². The maximum atomic E-state index is 11.7. The molecule has 2 rings (SSSR count). The Morgan fingerprint density at radius 1 is 1.26 bits per heavy atom. The van der Waals surface area contributed by atoms with Crippen LogP contribution in [-0.4, -0.2) is 26.0 Å². The van der Waals surface area contributed by atoms with E-state index in [0.29, 0.717) is 6.42 Å². The van der Waals surface area contributed by atoms with E-state index in [1.807, 2.05) is 13.1 Å². The standard InChI is InChI=1S/C15H22N2O.ClH/c1-16-11-5-8-14(18)17-12-15(9-10-15)13-6-3-2-4-7-13;/h2-4,6-7,16H,5,8-12H2,1H3,(H,17,18);1H. The molecule has 0 saturated heterocycles. The number of rotatable bonds is 7. The van der Waals surface area contributed by atoms with Gasteiger partial charge in [-0.05, 0) is 38.4 Å². The van der Waals surface area contributed by atoms with Crippen LogP contribution in [0.3, 0.4) is 0 Å². The second kappa shape index (κ2) is 7.51. The van der Waals surface area contributed by atoms with Gasteiger partial charge in [-0.2, -0.15) is 0 Å². The molecule has 1 aliphatic rings. The summed E-state index contributed by atoms with van der Waals surface area (Å²) >= 11 is 0. The van der Waals surface area contributed by atoms with Crippen LogP contribution in [0.15, 0.2) is 30.3 Å². The first-order valence-electron chi connectivity index (χ1n) is 6.74. The summed E-state index contributed by atoms with van der Waals surface area (Å²) in [5.74, 6) is 0.174. The Hall–Kier alpha value is -1.06. The molecule has 0 spiro atoms. The molecular weight excluding hydrogens is 260 g/mol. The molecule has 0 radical (unpaired) electrons. The molecule has 0 aromatic heterocycles. The molecule has 2 N–H and O–H groups in total. The molecular formula is C15H23ClN2O. The van der Waals surface area contributed by atoms with Crippen LogP contribution >= 0.6 is 12.4 Å². The van der Waals surface area contributed by atoms with Gasteiger partial charge in [0.15, 0.2) is 0 Å². The lowest BCUT2D eigenvalue weighted by Crippen LogP contribution is -2.32. The first kappa shape index (κ1) is 16.0. The summed E-state index contributed by atoms with van der Waals surface area (Å²) in [7, 11) is 1.91. The van der Waals surface area contributed by atoms with Crippen LogP contribution in [0.25, 0.3) is 0 Å². The summed E-state index contributed by atoms with van der Waals surface area (Å²) in [6, 6.07) is 10.5. The lowest BCUT2D eigenvalue weighted by molar-refractivity contribution is -0.121. The van der Waals surface area contributed by atoms with E-state index in [1.165, 1.54) is 18.4 Å². The lowest BCUT2D eigenvalue weighted by Gasteiger charge is -2.16. The van der Waals surface area contributed by atoms with E-state index in [4.69, 9.17) is 0 Å². The van der Waals surface area contributed by atoms with E-state index >= 15 is 0 Å². The van der Waals surface area contributed by atoms with Gasteiger partial charge >= 0.3 is 0 Å². The van der Waals surface area contributed by atoms with E-state index < -0.39 is 0 Å². The zero-order valence-corrected chi connectivity index (χ0v) is 12.3. The van der Waals surface area contributed by atoms with Crippen LogP contribution in [0.5, 0.6) is 0 Å². The van der Waals surface area contributed by atoms with Gasteiger partial charge in [0.05, 0.1) is 0 Å². The topological polar surface area (TPSA) is 41.1 Å². The molecule has 1 aromatic carbocycles. The summed E-state index contributed by atoms with van der Waals surface area (Å²) in [6.07, 6.45) is 3.90. The first-order valence-corrected chi connectivity index (χ1v) is 6.74. The minimum Gasteiger partial charge on any atom is -0.355 e. The minimum atomic E-state index is 0. The van der Waals surface area contributed by atoms with Crippen LogP contribution in [0.1, 0.15) is 31.2 Å². The molecule has 1 aromatic rings. The normalized spacial score (nSPS) is 15.4. The van der Waals surface area contributed by atoms with Crippen LogP contribution in [0.2, 0.25) is 0 Å². The van der Waals surface area contributed by atoms with Gasteiger partial charge in [0, 0.05) is 18.4 Å². The van der Waals surface area contributed by atoms with Crippen molar-refractivity contribution in [3.63, 3.8) is 0 Å². The van der Waals surface area contributed by atoms with Gasteiger partial charge < -0.3 is 10.6 Å². The molecule has 1 aliphatic carbocycles. The average Bonchev–Trinajstić information content (AvgIpc) is 3.19. The van der Waals surface area contributed by atoms with Crippen molar-refractivity contribution in [2.75, 3.05) is 20.1 Å². The van der Waals surface area contributed by atoms with Crippen LogP contribution < -0.4 is 10.6 Å². The van der Waals surface area contributed by atoms with Crippen molar-refractivity contribution in [3.8, 4) is 0 Å². The second-order valence-corrected chi connectivity index (χ2v) is 5.13. The smallest absolute Gasteiger partial charge is 0.220 e. The fourth-order valence-electron chi connectivity index (χ4n) is 2.29. The Morgan fingerprint density at radius 3 is 2.53 bits per heavy atom. The lowest BCUT2D eigenvalue weighted by atomic mass is 9.96. The second-order valence-electron chi connectivity index (χ2n) is 5.13. The largest absolute Gasteiger partial charge is 0.355 e. The van der Waals surface area contributed by atoms with Gasteiger partial charge in [0.2, 0.25) is 5.91 Å². The summed E-state index contributed by atoms with van der Waals surface area (Å²) in [5.41, 5.74) is 1.58. The van der Waals surface area contributed by atoms with Crippen molar-refractivity contribution in [1.29, 1.82) is 0 Å². The van der Waals surface area contributed by atoms with E-state index in [1.54, 1.807) is 0 Å². The Kier molecular flexibility index (Phi) is 6.32. The van der Waals surface area contributed by atoms with Gasteiger partial charge in [-0.3, -0.25) is 4.79 Å². The van der Waals surface area contributed by atoms with E-state index in [2.05, 4.69) is 34.9 Å². The molecule has 0 atom stereocenters. The number of carbonyl (C=O) groups is 1. The summed E-state index contributed by atoms with van der Waals surface area (Å²) in [5, 5.41) is 6.13. The molecule has 4 heteroatoms. The molecule has 0 unspecified atom stereocenters. The van der Waals surface area contributed by atoms with Crippen LogP contribution in [0, 0.1) is 0 Å². The van der Waals surface area contributed by atoms with E-state index in [9.17, 15) is 4.79 Å². The fourth-order valence-corrected chi connectivity index (χ4v) is 2.29. The zero-order chi connectivity index (χ0) is 12.8. The van der Waals surface area contributed by atoms with E-state index in [-0.39, 0.29) is 23.7 Å². The summed E-state index contributed by atoms with van der Waals surface area (Å²) in [6.45, 7) is 1.69. The Labute approximate surface area is 121 Å². The molecule has 1 fully saturated rings. The minimum absolute atomic E-state index is 0. The van der Waals surface area contributed by atoms with Crippen molar-refractivity contribution in [1.82, 2.24) is 10.6 Å². The number of nitrogens with one attached hydrogen (secondary N) is 2. The summed E-state index contributed by atoms with van der Waals surface area (Å²) < 4.78 is 0. The number of hydrogen-bond acceptors (Lipinski definition) is 2. The fraction of sp³-hybridized carbons (Fsp3) is 0.533. The first-order chi connectivity index (χ1) is 8.77. The number of hydrogen-bond donors (Lipinski definition) is 2. The van der Waals surface area contributed by atoms with Crippen LogP contribution in [-0.2, 0) is 10.2 Å². The molecule has 106 valence electrons. The molecule has 0 bridgehead atoms. The Balaban J connectivity index is 0.00000180. The Bertz CT molecular complexity index is 390. The molecule has 0 aliphatic heterocycles. The van der Waals surface area contributed by atoms with Crippen molar-refractivity contribution >= 4 is 18.3 Å². The van der Waals surface area contributed by atoms with Crippen molar-refractivity contribution in [3.05, 3.63) is 35.9 Å². The highest BCUT2D eigenvalue weighted by Gasteiger charge is 2.44. The highest BCUT2D eigenvalue weighted by molar-refractivity contribution is 5.85. The Morgan fingerprint density at radius 2 is 1.95 bits per heavy atom. The van der Waals surface area contributed by atoms with Gasteiger partial charge in [-0.25, -0.2) is 0 Å². The SMILES string of the molecule is CNCCCC(=O)NCC1(c2ccccc2)CC1.Cl. The third-order valence-corrected chi connectivity index (χ3v) is 3.69. The third kappa shape index (κ3) is 4.51. The maximum Gasteiger partial charge on any atom is 0.220 e. The molecule has 1 saturated carbocycles. The third-order valence-electron chi connectivity index (χ3n) is 3.69. The molecule has 1 amide bonds. The summed E-state index contributed by atoms with van der Waals surface area (Å²) in [4.78, 5) is 11.7. The highest BCUT2D eigenvalue weighted by atomic mass is 35.5. The molecule has 19 heavy (non-hydrogen) atoms. The van der Waals surface area contributed by atoms with Crippen LogP contribution in [0.4, 0.5) is 0 Å². The number of halogens is 1. The number of benzene rings is 1. The van der Waals surface area contributed by atoms with E-state index in [0.717, 1.165) is 19.5 Å². The van der Waals surface area contributed by atoms with Crippen molar-refractivity contribution in [2.24, 2.45) is 0 Å². The van der Waals surface area contributed by atoms with Gasteiger partial charge in [-0.15, -0.1) is 12.4 Å². The molecule has 3 nitrogen and oxygen atoms in total. The number of carbonyl (C=O) groups excluding carboxylic acids is 1. The maximum absolute atomic E-state index is 11.7. The quantitative estimate of drug-likeness (QED) is 0.753. The van der Waals surface area contributed by atoms with Gasteiger partial charge in [-0.1, -0.05) is 30.3 Å². The van der Waals surface area contributed by atoms with Gasteiger partial charge in [0.25, 0.3) is 0 Å². The highest BCUT2D eigenvalue weighted by Crippen LogP contribution is 2.47. The molecule has 0 heterocycles. The number of amides is 1. The van der Waals surface area contributed by atoms with Crippen molar-refractivity contribution < 1.29 is 4.79 Å². The monoisotopic (exact) mass is 282 g/mol. The zero-order valence-electron chi connectivity index (χ0n) is 11.4. The predicted molar refractivity (Wildman–Crippen MR) is 80.8 cm³/mol.